The van der Waals surface area contributed by atoms with E-state index in [2.05, 4.69) is 60.9 Å². The lowest BCUT2D eigenvalue weighted by atomic mass is 10.0. The van der Waals surface area contributed by atoms with E-state index in [1.54, 1.807) is 7.11 Å². The normalized spacial score (nSPS) is 15.5. The van der Waals surface area contributed by atoms with Crippen molar-refractivity contribution in [1.82, 2.24) is 14.5 Å². The van der Waals surface area contributed by atoms with Gasteiger partial charge in [0.05, 0.1) is 24.8 Å². The molecule has 1 saturated heterocycles. The van der Waals surface area contributed by atoms with Crippen LogP contribution in [0, 0.1) is 0 Å². The van der Waals surface area contributed by atoms with Gasteiger partial charge in [-0.1, -0.05) is 50.2 Å². The summed E-state index contributed by atoms with van der Waals surface area (Å²) in [5.41, 5.74) is 4.55. The van der Waals surface area contributed by atoms with Gasteiger partial charge in [0.25, 0.3) is 0 Å². The van der Waals surface area contributed by atoms with Crippen molar-refractivity contribution in [2.45, 2.75) is 58.0 Å². The van der Waals surface area contributed by atoms with Crippen LogP contribution < -0.4 is 9.47 Å². The van der Waals surface area contributed by atoms with Crippen LogP contribution in [0.15, 0.2) is 72.8 Å². The molecule has 1 amide bonds. The van der Waals surface area contributed by atoms with Crippen molar-refractivity contribution < 1.29 is 14.3 Å². The van der Waals surface area contributed by atoms with Crippen LogP contribution in [0.5, 0.6) is 11.5 Å². The Labute approximate surface area is 225 Å². The number of fused-ring (bicyclic) bond motifs is 1. The number of imidazole rings is 1. The second kappa shape index (κ2) is 11.7. The number of benzene rings is 3. The van der Waals surface area contributed by atoms with Gasteiger partial charge in [-0.2, -0.15) is 0 Å². The number of aryl methyl sites for hydroxylation is 1. The third-order valence-electron chi connectivity index (χ3n) is 7.39. The first-order chi connectivity index (χ1) is 18.5. The van der Waals surface area contributed by atoms with Crippen molar-refractivity contribution in [3.05, 3.63) is 89.7 Å². The van der Waals surface area contributed by atoms with Gasteiger partial charge in [0.15, 0.2) is 0 Å². The molecule has 3 aromatic carbocycles. The molecule has 0 spiro atoms. The van der Waals surface area contributed by atoms with Crippen LogP contribution in [0.2, 0.25) is 0 Å². The first kappa shape index (κ1) is 25.8. The highest BCUT2D eigenvalue weighted by Gasteiger charge is 2.34. The molecule has 1 unspecified atom stereocenters. The summed E-state index contributed by atoms with van der Waals surface area (Å²) in [6.45, 7) is 7.22. The zero-order chi connectivity index (χ0) is 26.5. The molecule has 1 fully saturated rings. The predicted octanol–water partition coefficient (Wildman–Crippen LogP) is 6.54. The van der Waals surface area contributed by atoms with E-state index in [0.717, 1.165) is 53.3 Å². The number of para-hydroxylation sites is 2. The van der Waals surface area contributed by atoms with E-state index in [1.165, 1.54) is 5.56 Å². The van der Waals surface area contributed by atoms with E-state index in [4.69, 9.17) is 14.5 Å². The van der Waals surface area contributed by atoms with Gasteiger partial charge in [-0.25, -0.2) is 4.98 Å². The first-order valence-electron chi connectivity index (χ1n) is 13.6. The molecule has 5 rings (SSSR count). The molecule has 38 heavy (non-hydrogen) atoms. The molecule has 1 aliphatic rings. The summed E-state index contributed by atoms with van der Waals surface area (Å²) in [7, 11) is 1.66. The Balaban J connectivity index is 1.22. The Kier molecular flexibility index (Phi) is 7.97. The molecule has 0 aliphatic carbocycles. The maximum absolute atomic E-state index is 13.0. The van der Waals surface area contributed by atoms with E-state index in [1.807, 2.05) is 35.2 Å². The second-order valence-corrected chi connectivity index (χ2v) is 10.4. The number of nitrogens with zero attached hydrogens (tertiary/aromatic N) is 3. The maximum atomic E-state index is 13.0. The second-order valence-electron chi connectivity index (χ2n) is 10.4. The topological polar surface area (TPSA) is 56.6 Å². The molecule has 1 aliphatic heterocycles. The summed E-state index contributed by atoms with van der Waals surface area (Å²) in [4.78, 5) is 19.9. The molecule has 0 N–H and O–H groups in total. The number of rotatable bonds is 11. The van der Waals surface area contributed by atoms with E-state index in [9.17, 15) is 4.79 Å². The summed E-state index contributed by atoms with van der Waals surface area (Å²) in [5, 5.41) is 0. The van der Waals surface area contributed by atoms with Gasteiger partial charge in [0.1, 0.15) is 17.3 Å². The zero-order valence-electron chi connectivity index (χ0n) is 22.6. The lowest BCUT2D eigenvalue weighted by molar-refractivity contribution is -0.128. The highest BCUT2D eigenvalue weighted by molar-refractivity contribution is 5.81. The monoisotopic (exact) mass is 511 g/mol. The summed E-state index contributed by atoms with van der Waals surface area (Å²) < 4.78 is 13.6. The third-order valence-corrected chi connectivity index (χ3v) is 7.39. The lowest BCUT2D eigenvalue weighted by Crippen LogP contribution is -2.24. The number of hydrogen-bond acceptors (Lipinski definition) is 4. The molecule has 1 atom stereocenters. The smallest absolute Gasteiger partial charge is 0.223 e. The highest BCUT2D eigenvalue weighted by Crippen LogP contribution is 2.32. The van der Waals surface area contributed by atoms with Crippen molar-refractivity contribution in [3.8, 4) is 11.5 Å². The van der Waals surface area contributed by atoms with Crippen LogP contribution in [0.3, 0.4) is 0 Å². The maximum Gasteiger partial charge on any atom is 0.223 e. The Morgan fingerprint density at radius 2 is 1.68 bits per heavy atom. The number of ether oxygens (including phenoxy) is 2. The fourth-order valence-corrected chi connectivity index (χ4v) is 5.20. The molecule has 2 heterocycles. The Morgan fingerprint density at radius 3 is 2.42 bits per heavy atom. The Morgan fingerprint density at radius 1 is 0.947 bits per heavy atom. The fraction of sp³-hybridized carbons (Fsp3) is 0.375. The largest absolute Gasteiger partial charge is 0.497 e. The van der Waals surface area contributed by atoms with Gasteiger partial charge in [0, 0.05) is 32.0 Å². The molecule has 1 aromatic heterocycles. The molecule has 6 nitrogen and oxygen atoms in total. The predicted molar refractivity (Wildman–Crippen MR) is 151 cm³/mol. The van der Waals surface area contributed by atoms with Gasteiger partial charge in [-0.05, 0) is 66.3 Å². The summed E-state index contributed by atoms with van der Waals surface area (Å²) in [6, 6.07) is 24.6. The van der Waals surface area contributed by atoms with Gasteiger partial charge in [-0.15, -0.1) is 0 Å². The van der Waals surface area contributed by atoms with Crippen molar-refractivity contribution in [3.63, 3.8) is 0 Å². The van der Waals surface area contributed by atoms with Crippen molar-refractivity contribution in [2.75, 3.05) is 20.3 Å². The number of amides is 1. The standard InChI is InChI=1S/C32H37N3O3/c1-23(2)25-12-16-28(17-13-25)38-19-7-6-18-35-30-9-5-4-8-29(30)33-32(35)26-20-31(36)34(22-26)21-24-10-14-27(37-3)15-11-24/h4-5,8-17,23,26H,6-7,18-22H2,1-3H3. The number of unbranched alkanes of at least 4 members (excludes halogenated alkanes) is 1. The number of hydrogen-bond donors (Lipinski definition) is 0. The summed E-state index contributed by atoms with van der Waals surface area (Å²) in [6.07, 6.45) is 2.42. The molecular weight excluding hydrogens is 474 g/mol. The summed E-state index contributed by atoms with van der Waals surface area (Å²) >= 11 is 0. The lowest BCUT2D eigenvalue weighted by Gasteiger charge is -2.18. The molecule has 6 heteroatoms. The van der Waals surface area contributed by atoms with E-state index < -0.39 is 0 Å². The minimum Gasteiger partial charge on any atom is -0.497 e. The molecule has 4 aromatic rings. The molecule has 198 valence electrons. The van der Waals surface area contributed by atoms with Crippen molar-refractivity contribution in [2.24, 2.45) is 0 Å². The fourth-order valence-electron chi connectivity index (χ4n) is 5.20. The number of carbonyl (C=O) groups excluding carboxylic acids is 1. The molecule has 0 saturated carbocycles. The van der Waals surface area contributed by atoms with Crippen LogP contribution >= 0.6 is 0 Å². The van der Waals surface area contributed by atoms with Crippen molar-refractivity contribution >= 4 is 16.9 Å². The minimum absolute atomic E-state index is 0.0869. The molecular formula is C32H37N3O3. The van der Waals surface area contributed by atoms with E-state index >= 15 is 0 Å². The number of methoxy groups -OCH3 is 1. The third kappa shape index (κ3) is 5.85. The Bertz CT molecular complexity index is 1360. The van der Waals surface area contributed by atoms with E-state index in [0.29, 0.717) is 32.0 Å². The van der Waals surface area contributed by atoms with Crippen LogP contribution in [0.1, 0.15) is 61.9 Å². The van der Waals surface area contributed by atoms with E-state index in [-0.39, 0.29) is 11.8 Å². The summed E-state index contributed by atoms with van der Waals surface area (Å²) in [5.74, 6) is 3.55. The number of likely N-dealkylation sites (tertiary alicyclic amines) is 1. The SMILES string of the molecule is COc1ccc(CN2CC(c3nc4ccccc4n3CCCCOc3ccc(C(C)C)cc3)CC2=O)cc1. The van der Waals surface area contributed by atoms with Gasteiger partial charge in [-0.3, -0.25) is 4.79 Å². The zero-order valence-corrected chi connectivity index (χ0v) is 22.6. The van der Waals surface area contributed by atoms with Gasteiger partial charge < -0.3 is 18.9 Å². The van der Waals surface area contributed by atoms with Crippen molar-refractivity contribution in [1.29, 1.82) is 0 Å². The van der Waals surface area contributed by atoms with Gasteiger partial charge >= 0.3 is 0 Å². The van der Waals surface area contributed by atoms with Crippen LogP contribution in [0.25, 0.3) is 11.0 Å². The Hall–Kier alpha value is -3.80. The van der Waals surface area contributed by atoms with Gasteiger partial charge in [0.2, 0.25) is 5.91 Å². The average molecular weight is 512 g/mol. The van der Waals surface area contributed by atoms with Crippen LogP contribution in [-0.4, -0.2) is 40.6 Å². The molecule has 0 bridgehead atoms. The van der Waals surface area contributed by atoms with Crippen LogP contribution in [0.4, 0.5) is 0 Å². The number of aromatic nitrogens is 2. The highest BCUT2D eigenvalue weighted by atomic mass is 16.5. The first-order valence-corrected chi connectivity index (χ1v) is 13.6. The quantitative estimate of drug-likeness (QED) is 0.215. The minimum atomic E-state index is 0.0869. The average Bonchev–Trinajstić information content (AvgIpc) is 3.49. The number of carbonyl (C=O) groups is 1. The van der Waals surface area contributed by atoms with Crippen LogP contribution in [-0.2, 0) is 17.9 Å². The molecule has 0 radical (unpaired) electrons.